The molecule has 3 rings (SSSR count). The third-order valence-electron chi connectivity index (χ3n) is 5.27. The van der Waals surface area contributed by atoms with E-state index in [-0.39, 0.29) is 24.2 Å². The van der Waals surface area contributed by atoms with Crippen molar-refractivity contribution in [1.29, 1.82) is 0 Å². The van der Waals surface area contributed by atoms with E-state index in [1.165, 1.54) is 17.8 Å². The number of halogens is 1. The zero-order chi connectivity index (χ0) is 16.1. The van der Waals surface area contributed by atoms with Gasteiger partial charge in [0.2, 0.25) is 5.91 Å². The van der Waals surface area contributed by atoms with Gasteiger partial charge in [0.05, 0.1) is 0 Å². The van der Waals surface area contributed by atoms with Crippen molar-refractivity contribution in [2.24, 2.45) is 11.3 Å². The molecular weight excluding hydrogens is 342 g/mol. The summed E-state index contributed by atoms with van der Waals surface area (Å²) in [4.78, 5) is 16.2. The Bertz CT molecular complexity index is 494. The van der Waals surface area contributed by atoms with E-state index in [2.05, 4.69) is 40.0 Å². The highest BCUT2D eigenvalue weighted by molar-refractivity contribution is 7.09. The second-order valence-corrected chi connectivity index (χ2v) is 8.44. The van der Waals surface area contributed by atoms with Gasteiger partial charge >= 0.3 is 0 Å². The SMILES string of the molecule is CC1(CN2CCC(C(=O)NCCc3cccs3)CC2)CCNC1.Cl. The number of carbonyl (C=O) groups excluding carboxylic acids is 1. The third-order valence-corrected chi connectivity index (χ3v) is 6.21. The lowest BCUT2D eigenvalue weighted by molar-refractivity contribution is -0.126. The summed E-state index contributed by atoms with van der Waals surface area (Å²) in [7, 11) is 0. The molecule has 0 aliphatic carbocycles. The fourth-order valence-corrected chi connectivity index (χ4v) is 4.51. The molecule has 0 saturated carbocycles. The standard InChI is InChI=1S/C18H29N3OS.ClH/c1-18(7-9-19-13-18)14-21-10-5-15(6-11-21)17(22)20-8-4-16-3-2-12-23-16;/h2-3,12,15,19H,4-11,13-14H2,1H3,(H,20,22);1H. The van der Waals surface area contributed by atoms with Crippen molar-refractivity contribution in [3.05, 3.63) is 22.4 Å². The molecule has 2 aliphatic rings. The molecule has 3 heterocycles. The Kier molecular flexibility index (Phi) is 7.54. The van der Waals surface area contributed by atoms with Gasteiger partial charge < -0.3 is 15.5 Å². The maximum absolute atomic E-state index is 12.3. The van der Waals surface area contributed by atoms with Crippen LogP contribution in [0.1, 0.15) is 31.1 Å². The fourth-order valence-electron chi connectivity index (χ4n) is 3.80. The highest BCUT2D eigenvalue weighted by atomic mass is 35.5. The number of amides is 1. The van der Waals surface area contributed by atoms with Crippen molar-refractivity contribution in [2.75, 3.05) is 39.3 Å². The minimum absolute atomic E-state index is 0. The van der Waals surface area contributed by atoms with Crippen LogP contribution in [0.3, 0.4) is 0 Å². The van der Waals surface area contributed by atoms with Gasteiger partial charge in [-0.3, -0.25) is 4.79 Å². The zero-order valence-electron chi connectivity index (χ0n) is 14.6. The molecule has 0 radical (unpaired) electrons. The van der Waals surface area contributed by atoms with E-state index in [1.807, 2.05) is 0 Å². The lowest BCUT2D eigenvalue weighted by Crippen LogP contribution is -2.45. The molecule has 1 amide bonds. The quantitative estimate of drug-likeness (QED) is 0.807. The van der Waals surface area contributed by atoms with E-state index in [0.29, 0.717) is 5.41 Å². The first-order valence-electron chi connectivity index (χ1n) is 8.88. The average molecular weight is 372 g/mol. The molecule has 1 aromatic rings. The van der Waals surface area contributed by atoms with Crippen molar-refractivity contribution in [3.63, 3.8) is 0 Å². The molecule has 2 N–H and O–H groups in total. The van der Waals surface area contributed by atoms with Gasteiger partial charge in [-0.2, -0.15) is 0 Å². The maximum Gasteiger partial charge on any atom is 0.223 e. The van der Waals surface area contributed by atoms with Crippen molar-refractivity contribution in [2.45, 2.75) is 32.6 Å². The first-order chi connectivity index (χ1) is 11.1. The predicted molar refractivity (Wildman–Crippen MR) is 103 cm³/mol. The smallest absolute Gasteiger partial charge is 0.223 e. The zero-order valence-corrected chi connectivity index (χ0v) is 16.2. The van der Waals surface area contributed by atoms with Gasteiger partial charge in [-0.15, -0.1) is 23.7 Å². The Morgan fingerprint density at radius 1 is 1.46 bits per heavy atom. The second kappa shape index (κ2) is 9.18. The first kappa shape index (κ1) is 19.7. The van der Waals surface area contributed by atoms with Crippen molar-refractivity contribution in [1.82, 2.24) is 15.5 Å². The van der Waals surface area contributed by atoms with E-state index >= 15 is 0 Å². The van der Waals surface area contributed by atoms with Gasteiger partial charge in [0.1, 0.15) is 0 Å². The molecule has 2 aliphatic heterocycles. The first-order valence-corrected chi connectivity index (χ1v) is 9.76. The number of carbonyl (C=O) groups is 1. The number of nitrogens with zero attached hydrogens (tertiary/aromatic N) is 1. The topological polar surface area (TPSA) is 44.4 Å². The molecule has 4 nitrogen and oxygen atoms in total. The van der Waals surface area contributed by atoms with Gasteiger partial charge in [-0.05, 0) is 62.2 Å². The normalized spacial score (nSPS) is 25.4. The van der Waals surface area contributed by atoms with Crippen molar-refractivity contribution in [3.8, 4) is 0 Å². The monoisotopic (exact) mass is 371 g/mol. The Labute approximate surface area is 155 Å². The molecule has 1 atom stereocenters. The van der Waals surface area contributed by atoms with E-state index in [1.54, 1.807) is 11.3 Å². The Hall–Kier alpha value is -0.620. The van der Waals surface area contributed by atoms with Crippen LogP contribution in [0.15, 0.2) is 17.5 Å². The largest absolute Gasteiger partial charge is 0.355 e. The predicted octanol–water partition coefficient (Wildman–Crippen LogP) is 2.54. The summed E-state index contributed by atoms with van der Waals surface area (Å²) in [6, 6.07) is 4.20. The molecule has 0 aromatic carbocycles. The lowest BCUT2D eigenvalue weighted by Gasteiger charge is -2.36. The molecule has 0 spiro atoms. The average Bonchev–Trinajstić information content (AvgIpc) is 3.20. The van der Waals surface area contributed by atoms with Gasteiger partial charge in [-0.25, -0.2) is 0 Å². The van der Waals surface area contributed by atoms with E-state index in [9.17, 15) is 4.79 Å². The van der Waals surface area contributed by atoms with Gasteiger partial charge in [0.15, 0.2) is 0 Å². The second-order valence-electron chi connectivity index (χ2n) is 7.41. The van der Waals surface area contributed by atoms with Crippen LogP contribution in [-0.4, -0.2) is 50.1 Å². The number of rotatable bonds is 6. The molecular formula is C18H30ClN3OS. The van der Waals surface area contributed by atoms with Gasteiger partial charge in [-0.1, -0.05) is 13.0 Å². The van der Waals surface area contributed by atoms with Crippen LogP contribution in [-0.2, 0) is 11.2 Å². The summed E-state index contributed by atoms with van der Waals surface area (Å²) in [5, 5.41) is 8.69. The highest BCUT2D eigenvalue weighted by Gasteiger charge is 2.33. The number of hydrogen-bond acceptors (Lipinski definition) is 4. The molecule has 136 valence electrons. The van der Waals surface area contributed by atoms with E-state index in [0.717, 1.165) is 52.0 Å². The summed E-state index contributed by atoms with van der Waals surface area (Å²) in [5.74, 6) is 0.471. The Balaban J connectivity index is 0.00000208. The molecule has 2 fully saturated rings. The highest BCUT2D eigenvalue weighted by Crippen LogP contribution is 2.28. The molecule has 2 saturated heterocycles. The van der Waals surface area contributed by atoms with E-state index in [4.69, 9.17) is 0 Å². The Morgan fingerprint density at radius 3 is 2.88 bits per heavy atom. The summed E-state index contributed by atoms with van der Waals surface area (Å²) in [6.07, 6.45) is 4.24. The number of thiophene rings is 1. The van der Waals surface area contributed by atoms with Crippen LogP contribution in [0.4, 0.5) is 0 Å². The number of likely N-dealkylation sites (tertiary alicyclic amines) is 1. The van der Waals surface area contributed by atoms with Crippen LogP contribution in [0, 0.1) is 11.3 Å². The third kappa shape index (κ3) is 5.45. The summed E-state index contributed by atoms with van der Waals surface area (Å²) < 4.78 is 0. The van der Waals surface area contributed by atoms with Crippen molar-refractivity contribution >= 4 is 29.7 Å². The summed E-state index contributed by atoms with van der Waals surface area (Å²) in [6.45, 7) is 8.75. The molecule has 1 unspecified atom stereocenters. The van der Waals surface area contributed by atoms with Crippen LogP contribution in [0.2, 0.25) is 0 Å². The van der Waals surface area contributed by atoms with Crippen LogP contribution >= 0.6 is 23.7 Å². The number of piperidine rings is 1. The van der Waals surface area contributed by atoms with Gasteiger partial charge in [0, 0.05) is 30.4 Å². The van der Waals surface area contributed by atoms with Crippen LogP contribution < -0.4 is 10.6 Å². The number of nitrogens with one attached hydrogen (secondary N) is 2. The van der Waals surface area contributed by atoms with Crippen LogP contribution in [0.5, 0.6) is 0 Å². The molecule has 0 bridgehead atoms. The van der Waals surface area contributed by atoms with Crippen LogP contribution in [0.25, 0.3) is 0 Å². The Morgan fingerprint density at radius 2 is 2.25 bits per heavy atom. The summed E-state index contributed by atoms with van der Waals surface area (Å²) in [5.41, 5.74) is 0.426. The molecule has 24 heavy (non-hydrogen) atoms. The minimum atomic E-state index is 0. The minimum Gasteiger partial charge on any atom is -0.355 e. The van der Waals surface area contributed by atoms with Crippen molar-refractivity contribution < 1.29 is 4.79 Å². The number of hydrogen-bond donors (Lipinski definition) is 2. The van der Waals surface area contributed by atoms with E-state index < -0.39 is 0 Å². The summed E-state index contributed by atoms with van der Waals surface area (Å²) >= 11 is 1.76. The molecule has 1 aromatic heterocycles. The maximum atomic E-state index is 12.3. The molecule has 6 heteroatoms. The fraction of sp³-hybridized carbons (Fsp3) is 0.722. The van der Waals surface area contributed by atoms with Gasteiger partial charge in [0.25, 0.3) is 0 Å². The lowest BCUT2D eigenvalue weighted by atomic mass is 9.87.